The lowest BCUT2D eigenvalue weighted by Crippen LogP contribution is -2.34. The zero-order chi connectivity index (χ0) is 20.4. The summed E-state index contributed by atoms with van der Waals surface area (Å²) < 4.78 is 10.6. The molecule has 1 aromatic heterocycles. The van der Waals surface area contributed by atoms with Crippen LogP contribution in [-0.2, 0) is 9.53 Å². The number of ether oxygens (including phenoxy) is 2. The van der Waals surface area contributed by atoms with Crippen LogP contribution in [0.25, 0.3) is 0 Å². The zero-order valence-electron chi connectivity index (χ0n) is 15.5. The molecule has 1 amide bonds. The minimum atomic E-state index is -0.556. The molecule has 0 atom stereocenters. The van der Waals surface area contributed by atoms with Crippen LogP contribution in [-0.4, -0.2) is 49.4 Å². The number of aldehydes is 1. The van der Waals surface area contributed by atoms with Gasteiger partial charge in [0, 0.05) is 13.1 Å². The number of amides is 1. The average Bonchev–Trinajstić information content (AvgIpc) is 2.61. The van der Waals surface area contributed by atoms with E-state index in [1.807, 2.05) is 0 Å². The van der Waals surface area contributed by atoms with E-state index in [9.17, 15) is 9.59 Å². The Hall–Kier alpha value is -2.32. The van der Waals surface area contributed by atoms with Crippen molar-refractivity contribution >= 4 is 47.6 Å². The van der Waals surface area contributed by atoms with Crippen LogP contribution >= 0.6 is 23.2 Å². The maximum Gasteiger partial charge on any atom is 0.407 e. The first-order valence-electron chi connectivity index (χ1n) is 7.97. The fourth-order valence-electron chi connectivity index (χ4n) is 1.60. The van der Waals surface area contributed by atoms with E-state index in [1.165, 1.54) is 11.2 Å². The predicted molar refractivity (Wildman–Crippen MR) is 106 cm³/mol. The number of carbonyl (C=O) groups is 2. The van der Waals surface area contributed by atoms with Crippen LogP contribution < -0.4 is 15.1 Å². The van der Waals surface area contributed by atoms with Gasteiger partial charge in [-0.1, -0.05) is 29.3 Å². The molecule has 0 aromatic carbocycles. The molecule has 1 N–H and O–H groups in total. The lowest BCUT2D eigenvalue weighted by molar-refractivity contribution is -0.104. The molecule has 1 rings (SSSR count). The molecule has 0 saturated carbocycles. The second-order valence-electron chi connectivity index (χ2n) is 6.19. The molecule has 0 fully saturated rings. The van der Waals surface area contributed by atoms with E-state index < -0.39 is 11.7 Å². The van der Waals surface area contributed by atoms with Gasteiger partial charge in [0.15, 0.2) is 12.1 Å². The third-order valence-corrected chi connectivity index (χ3v) is 3.43. The van der Waals surface area contributed by atoms with Gasteiger partial charge in [0.25, 0.3) is 0 Å². The van der Waals surface area contributed by atoms with E-state index in [-0.39, 0.29) is 23.2 Å². The molecule has 0 unspecified atom stereocenters. The highest BCUT2D eigenvalue weighted by Gasteiger charge is 2.15. The molecular formula is C17H22Cl2N4O4. The Morgan fingerprint density at radius 1 is 1.33 bits per heavy atom. The molecule has 0 radical (unpaired) electrons. The summed E-state index contributed by atoms with van der Waals surface area (Å²) in [5.74, 6) is 0.837. The Morgan fingerprint density at radius 3 is 2.67 bits per heavy atom. The fraction of sp³-hybridized carbons (Fsp3) is 0.412. The summed E-state index contributed by atoms with van der Waals surface area (Å²) in [6.45, 7) is 5.83. The molecule has 27 heavy (non-hydrogen) atoms. The van der Waals surface area contributed by atoms with Crippen LogP contribution in [0.3, 0.4) is 0 Å². The van der Waals surface area contributed by atoms with Gasteiger partial charge in [0.1, 0.15) is 17.2 Å². The first-order chi connectivity index (χ1) is 12.6. The summed E-state index contributed by atoms with van der Waals surface area (Å²) in [7, 11) is 1.64. The Bertz CT molecular complexity index is 717. The van der Waals surface area contributed by atoms with Gasteiger partial charge in [-0.05, 0) is 26.8 Å². The summed E-state index contributed by atoms with van der Waals surface area (Å²) >= 11 is 11.4. The number of anilines is 1. The topological polar surface area (TPSA) is 93.1 Å². The van der Waals surface area contributed by atoms with Gasteiger partial charge < -0.3 is 14.8 Å². The van der Waals surface area contributed by atoms with Crippen molar-refractivity contribution in [1.82, 2.24) is 10.3 Å². The van der Waals surface area contributed by atoms with E-state index in [4.69, 9.17) is 32.7 Å². The number of hydrogen-bond acceptors (Lipinski definition) is 7. The number of pyridine rings is 1. The number of rotatable bonds is 8. The van der Waals surface area contributed by atoms with Gasteiger partial charge in [-0.25, -0.2) is 4.79 Å². The lowest BCUT2D eigenvalue weighted by atomic mass is 10.2. The van der Waals surface area contributed by atoms with Crippen LogP contribution in [0, 0.1) is 0 Å². The van der Waals surface area contributed by atoms with E-state index in [2.05, 4.69) is 15.4 Å². The highest BCUT2D eigenvalue weighted by molar-refractivity contribution is 6.50. The summed E-state index contributed by atoms with van der Waals surface area (Å²) in [5, 5.41) is 7.93. The van der Waals surface area contributed by atoms with Gasteiger partial charge in [-0.2, -0.15) is 10.1 Å². The maximum atomic E-state index is 11.5. The van der Waals surface area contributed by atoms with Crippen molar-refractivity contribution < 1.29 is 19.1 Å². The van der Waals surface area contributed by atoms with Crippen molar-refractivity contribution in [2.24, 2.45) is 5.10 Å². The Kier molecular flexibility index (Phi) is 9.04. The number of hydrogen-bond donors (Lipinski definition) is 1. The van der Waals surface area contributed by atoms with E-state index in [1.54, 1.807) is 46.0 Å². The molecule has 0 aliphatic carbocycles. The number of allylic oxidation sites excluding steroid dienone is 2. The molecular weight excluding hydrogens is 395 g/mol. The monoisotopic (exact) mass is 416 g/mol. The van der Waals surface area contributed by atoms with Crippen LogP contribution in [0.4, 0.5) is 10.6 Å². The molecule has 148 valence electrons. The molecule has 8 nitrogen and oxygen atoms in total. The number of alkyl carbamates (subject to hydrolysis) is 1. The molecule has 1 aromatic rings. The van der Waals surface area contributed by atoms with Gasteiger partial charge in [-0.3, -0.25) is 9.80 Å². The maximum absolute atomic E-state index is 11.5. The van der Waals surface area contributed by atoms with E-state index in [0.717, 1.165) is 0 Å². The molecule has 1 heterocycles. The third-order valence-electron chi connectivity index (χ3n) is 2.74. The first kappa shape index (κ1) is 22.7. The standard InChI is InChI=1S/C17H22Cl2N4O4/c1-17(2,3)27-16(25)20-8-9-26-15-7-5-6-14(22-15)23(4)21-10-12(18)13(19)11-24/h5-7,10-11H,8-9H2,1-4H3,(H,20,25)/b13-12-,21-10-. The zero-order valence-corrected chi connectivity index (χ0v) is 17.0. The second kappa shape index (κ2) is 10.7. The highest BCUT2D eigenvalue weighted by Crippen LogP contribution is 2.16. The predicted octanol–water partition coefficient (Wildman–Crippen LogP) is 3.30. The average molecular weight is 417 g/mol. The minimum absolute atomic E-state index is 0.0131. The minimum Gasteiger partial charge on any atom is -0.476 e. The van der Waals surface area contributed by atoms with Crippen molar-refractivity contribution in [2.75, 3.05) is 25.2 Å². The van der Waals surface area contributed by atoms with Crippen LogP contribution in [0.15, 0.2) is 33.4 Å². The van der Waals surface area contributed by atoms with Gasteiger partial charge in [0.2, 0.25) is 5.88 Å². The molecule has 0 aliphatic heterocycles. The van der Waals surface area contributed by atoms with Crippen LogP contribution in [0.2, 0.25) is 0 Å². The Balaban J connectivity index is 2.55. The Labute approximate surface area is 168 Å². The van der Waals surface area contributed by atoms with Crippen molar-refractivity contribution in [1.29, 1.82) is 0 Å². The van der Waals surface area contributed by atoms with Gasteiger partial charge in [0.05, 0.1) is 17.8 Å². The smallest absolute Gasteiger partial charge is 0.407 e. The molecule has 0 saturated heterocycles. The van der Waals surface area contributed by atoms with Crippen LogP contribution in [0.1, 0.15) is 20.8 Å². The quantitative estimate of drug-likeness (QED) is 0.229. The number of aromatic nitrogens is 1. The molecule has 0 spiro atoms. The lowest BCUT2D eigenvalue weighted by Gasteiger charge is -2.19. The summed E-state index contributed by atoms with van der Waals surface area (Å²) in [5.41, 5.74) is -0.556. The number of nitrogens with zero attached hydrogens (tertiary/aromatic N) is 3. The van der Waals surface area contributed by atoms with Crippen molar-refractivity contribution in [3.05, 3.63) is 28.3 Å². The van der Waals surface area contributed by atoms with Crippen molar-refractivity contribution in [2.45, 2.75) is 26.4 Å². The molecule has 0 aliphatic rings. The SMILES string of the molecule is CN(/N=C\C(Cl)=C(\Cl)C=O)c1cccc(OCCNC(=O)OC(C)(C)C)n1. The van der Waals surface area contributed by atoms with E-state index in [0.29, 0.717) is 18.0 Å². The second-order valence-corrected chi connectivity index (χ2v) is 7.01. The number of hydrazone groups is 1. The van der Waals surface area contributed by atoms with Crippen molar-refractivity contribution in [3.8, 4) is 5.88 Å². The summed E-state index contributed by atoms with van der Waals surface area (Å²) in [6, 6.07) is 5.12. The van der Waals surface area contributed by atoms with Crippen LogP contribution in [0.5, 0.6) is 5.88 Å². The number of carbonyl (C=O) groups excluding carboxylic acids is 2. The summed E-state index contributed by atoms with van der Waals surface area (Å²) in [4.78, 5) is 26.3. The third kappa shape index (κ3) is 9.25. The van der Waals surface area contributed by atoms with E-state index >= 15 is 0 Å². The highest BCUT2D eigenvalue weighted by atomic mass is 35.5. The van der Waals surface area contributed by atoms with Crippen molar-refractivity contribution in [3.63, 3.8) is 0 Å². The summed E-state index contributed by atoms with van der Waals surface area (Å²) in [6.07, 6.45) is 1.15. The fourth-order valence-corrected chi connectivity index (χ4v) is 1.74. The normalized spacial score (nSPS) is 12.4. The number of nitrogens with one attached hydrogen (secondary N) is 1. The Morgan fingerprint density at radius 2 is 2.04 bits per heavy atom. The molecule has 10 heteroatoms. The van der Waals surface area contributed by atoms with Gasteiger partial charge >= 0.3 is 6.09 Å². The molecule has 0 bridgehead atoms. The first-order valence-corrected chi connectivity index (χ1v) is 8.73. The largest absolute Gasteiger partial charge is 0.476 e. The number of halogens is 2. The van der Waals surface area contributed by atoms with Gasteiger partial charge in [-0.15, -0.1) is 0 Å².